The number of para-hydroxylation sites is 1. The molecule has 1 fully saturated rings. The maximum absolute atomic E-state index is 12.9. The van der Waals surface area contributed by atoms with Crippen LogP contribution in [0.5, 0.6) is 0 Å². The van der Waals surface area contributed by atoms with Gasteiger partial charge in [-0.15, -0.1) is 0 Å². The molecule has 0 saturated carbocycles. The SMILES string of the molecule is CN(C(=O)CN1N=N[C@@H]2C(=O)N(c3ccc(Br)cc3)C(=O)[C@@H]21)c1ccccc1. The molecule has 8 nitrogen and oxygen atoms in total. The zero-order valence-corrected chi connectivity index (χ0v) is 16.5. The number of rotatable bonds is 4. The van der Waals surface area contributed by atoms with Gasteiger partial charge in [-0.1, -0.05) is 39.4 Å². The summed E-state index contributed by atoms with van der Waals surface area (Å²) in [6.45, 7) is -0.150. The average molecular weight is 442 g/mol. The molecule has 28 heavy (non-hydrogen) atoms. The van der Waals surface area contributed by atoms with Crippen LogP contribution in [0.4, 0.5) is 11.4 Å². The summed E-state index contributed by atoms with van der Waals surface area (Å²) < 4.78 is 0.839. The Kier molecular flexibility index (Phi) is 4.68. The van der Waals surface area contributed by atoms with Gasteiger partial charge in [-0.3, -0.25) is 19.4 Å². The third-order valence-electron chi connectivity index (χ3n) is 4.76. The molecule has 0 bridgehead atoms. The first-order valence-corrected chi connectivity index (χ1v) is 9.39. The first-order chi connectivity index (χ1) is 13.5. The molecule has 0 aliphatic carbocycles. The highest BCUT2D eigenvalue weighted by atomic mass is 79.9. The first kappa shape index (κ1) is 18.3. The predicted octanol–water partition coefficient (Wildman–Crippen LogP) is 2.41. The van der Waals surface area contributed by atoms with Crippen LogP contribution in [0.3, 0.4) is 0 Å². The van der Waals surface area contributed by atoms with Gasteiger partial charge in [-0.25, -0.2) is 4.90 Å². The molecule has 1 saturated heterocycles. The highest BCUT2D eigenvalue weighted by molar-refractivity contribution is 9.10. The lowest BCUT2D eigenvalue weighted by molar-refractivity contribution is -0.124. The van der Waals surface area contributed by atoms with Crippen LogP contribution in [0.1, 0.15) is 0 Å². The molecule has 0 unspecified atom stereocenters. The molecule has 2 heterocycles. The van der Waals surface area contributed by atoms with Crippen LogP contribution in [0.2, 0.25) is 0 Å². The van der Waals surface area contributed by atoms with Crippen LogP contribution in [0, 0.1) is 0 Å². The topological polar surface area (TPSA) is 85.7 Å². The summed E-state index contributed by atoms with van der Waals surface area (Å²) >= 11 is 3.33. The summed E-state index contributed by atoms with van der Waals surface area (Å²) in [5.74, 6) is -1.13. The van der Waals surface area contributed by atoms with E-state index in [9.17, 15) is 14.4 Å². The number of carbonyl (C=O) groups is 3. The first-order valence-electron chi connectivity index (χ1n) is 8.60. The number of hydrogen-bond donors (Lipinski definition) is 0. The monoisotopic (exact) mass is 441 g/mol. The molecule has 4 rings (SSSR count). The van der Waals surface area contributed by atoms with E-state index in [2.05, 4.69) is 26.3 Å². The molecule has 0 N–H and O–H groups in total. The van der Waals surface area contributed by atoms with Gasteiger partial charge in [0.25, 0.3) is 11.8 Å². The van der Waals surface area contributed by atoms with Gasteiger partial charge in [0.15, 0.2) is 12.1 Å². The molecule has 9 heteroatoms. The standard InChI is InChI=1S/C19H16BrN5O3/c1-23(13-5-3-2-4-6-13)15(26)11-24-17-16(21-22-24)18(27)25(19(17)28)14-9-7-12(20)8-10-14/h2-10,16-17H,11H2,1H3/t16-,17+/m0/s1. The fraction of sp³-hybridized carbons (Fsp3) is 0.211. The third kappa shape index (κ3) is 3.07. The van der Waals surface area contributed by atoms with Crippen LogP contribution in [-0.4, -0.2) is 48.4 Å². The van der Waals surface area contributed by atoms with Crippen LogP contribution in [0.25, 0.3) is 0 Å². The predicted molar refractivity (Wildman–Crippen MR) is 106 cm³/mol. The Balaban J connectivity index is 1.52. The molecule has 2 aromatic carbocycles. The minimum atomic E-state index is -0.925. The molecule has 142 valence electrons. The van der Waals surface area contributed by atoms with E-state index in [1.54, 1.807) is 31.3 Å². The van der Waals surface area contributed by atoms with Gasteiger partial charge in [0, 0.05) is 17.2 Å². The molecule has 0 radical (unpaired) electrons. The number of carbonyl (C=O) groups excluding carboxylic acids is 3. The molecule has 2 aromatic rings. The van der Waals surface area contributed by atoms with Gasteiger partial charge in [0.1, 0.15) is 6.54 Å². The minimum Gasteiger partial charge on any atom is -0.314 e. The second-order valence-electron chi connectivity index (χ2n) is 6.47. The van der Waals surface area contributed by atoms with Gasteiger partial charge in [-0.05, 0) is 36.4 Å². The number of fused-ring (bicyclic) bond motifs is 1. The fourth-order valence-electron chi connectivity index (χ4n) is 3.24. The Labute approximate surface area is 169 Å². The van der Waals surface area contributed by atoms with E-state index in [0.29, 0.717) is 5.69 Å². The second kappa shape index (κ2) is 7.16. The Morgan fingerprint density at radius 3 is 2.43 bits per heavy atom. The molecule has 2 aliphatic heterocycles. The largest absolute Gasteiger partial charge is 0.314 e. The maximum Gasteiger partial charge on any atom is 0.263 e. The van der Waals surface area contributed by atoms with Crippen LogP contribution >= 0.6 is 15.9 Å². The van der Waals surface area contributed by atoms with Gasteiger partial charge in [0.05, 0.1) is 5.69 Å². The molecule has 0 aromatic heterocycles. The van der Waals surface area contributed by atoms with Gasteiger partial charge in [0.2, 0.25) is 5.91 Å². The van der Waals surface area contributed by atoms with E-state index in [1.165, 1.54) is 9.91 Å². The number of benzene rings is 2. The second-order valence-corrected chi connectivity index (χ2v) is 7.38. The number of halogens is 1. The summed E-state index contributed by atoms with van der Waals surface area (Å²) in [6, 6.07) is 14.2. The zero-order valence-electron chi connectivity index (χ0n) is 14.9. The van der Waals surface area contributed by atoms with Crippen molar-refractivity contribution in [3.63, 3.8) is 0 Å². The van der Waals surface area contributed by atoms with Crippen LogP contribution in [-0.2, 0) is 14.4 Å². The van der Waals surface area contributed by atoms with Crippen molar-refractivity contribution >= 4 is 45.0 Å². The molecular formula is C19H16BrN5O3. The zero-order chi connectivity index (χ0) is 19.8. The van der Waals surface area contributed by atoms with E-state index >= 15 is 0 Å². The summed E-state index contributed by atoms with van der Waals surface area (Å²) in [5, 5.41) is 9.16. The Morgan fingerprint density at radius 2 is 1.75 bits per heavy atom. The summed E-state index contributed by atoms with van der Waals surface area (Å²) in [5.41, 5.74) is 1.20. The van der Waals surface area contributed by atoms with Gasteiger partial charge in [-0.2, -0.15) is 5.11 Å². The van der Waals surface area contributed by atoms with E-state index in [1.807, 2.05) is 30.3 Å². The number of amides is 3. The number of likely N-dealkylation sites (N-methyl/N-ethyl adjacent to an activating group) is 1. The van der Waals surface area contributed by atoms with Crippen LogP contribution < -0.4 is 9.80 Å². The molecule has 2 atom stereocenters. The van der Waals surface area contributed by atoms with Crippen molar-refractivity contribution in [2.75, 3.05) is 23.4 Å². The van der Waals surface area contributed by atoms with Crippen molar-refractivity contribution in [3.8, 4) is 0 Å². The van der Waals surface area contributed by atoms with Crippen molar-refractivity contribution in [1.29, 1.82) is 0 Å². The van der Waals surface area contributed by atoms with Crippen LogP contribution in [0.15, 0.2) is 69.4 Å². The highest BCUT2D eigenvalue weighted by Gasteiger charge is 2.55. The van der Waals surface area contributed by atoms with Crippen molar-refractivity contribution in [3.05, 3.63) is 59.1 Å². The summed E-state index contributed by atoms with van der Waals surface area (Å²) in [6.07, 6.45) is 0. The van der Waals surface area contributed by atoms with E-state index < -0.39 is 23.9 Å². The number of anilines is 2. The minimum absolute atomic E-state index is 0.150. The lowest BCUT2D eigenvalue weighted by atomic mass is 10.1. The lowest BCUT2D eigenvalue weighted by Gasteiger charge is -2.23. The van der Waals surface area contributed by atoms with Gasteiger partial charge < -0.3 is 4.90 Å². The molecule has 0 spiro atoms. The Bertz CT molecular complexity index is 963. The molecular weight excluding hydrogens is 426 g/mol. The fourth-order valence-corrected chi connectivity index (χ4v) is 3.50. The third-order valence-corrected chi connectivity index (χ3v) is 5.29. The quantitative estimate of drug-likeness (QED) is 0.681. The molecule has 3 amide bonds. The number of hydrogen-bond acceptors (Lipinski definition) is 6. The van der Waals surface area contributed by atoms with E-state index in [-0.39, 0.29) is 12.5 Å². The van der Waals surface area contributed by atoms with Crippen molar-refractivity contribution < 1.29 is 14.4 Å². The number of imide groups is 1. The highest BCUT2D eigenvalue weighted by Crippen LogP contribution is 2.32. The maximum atomic E-state index is 12.9. The van der Waals surface area contributed by atoms with Crippen molar-refractivity contribution in [1.82, 2.24) is 5.01 Å². The number of nitrogens with zero attached hydrogens (tertiary/aromatic N) is 5. The summed E-state index contributed by atoms with van der Waals surface area (Å²) in [7, 11) is 1.65. The summed E-state index contributed by atoms with van der Waals surface area (Å²) in [4.78, 5) is 40.8. The smallest absolute Gasteiger partial charge is 0.263 e. The van der Waals surface area contributed by atoms with Crippen molar-refractivity contribution in [2.45, 2.75) is 12.1 Å². The van der Waals surface area contributed by atoms with E-state index in [0.717, 1.165) is 15.1 Å². The Morgan fingerprint density at radius 1 is 1.07 bits per heavy atom. The lowest BCUT2D eigenvalue weighted by Crippen LogP contribution is -2.45. The van der Waals surface area contributed by atoms with Gasteiger partial charge >= 0.3 is 0 Å². The normalized spacial score (nSPS) is 20.6. The Hall–Kier alpha value is -3.07. The average Bonchev–Trinajstić information content (AvgIpc) is 3.23. The van der Waals surface area contributed by atoms with E-state index in [4.69, 9.17) is 0 Å². The van der Waals surface area contributed by atoms with Crippen molar-refractivity contribution in [2.24, 2.45) is 10.3 Å². The molecule has 2 aliphatic rings.